The van der Waals surface area contributed by atoms with Crippen molar-refractivity contribution in [2.24, 2.45) is 12.5 Å². The van der Waals surface area contributed by atoms with Crippen LogP contribution >= 0.6 is 11.3 Å². The number of likely N-dealkylation sites (tertiary alicyclic amines) is 1. The number of thiazole rings is 1. The van der Waals surface area contributed by atoms with E-state index < -0.39 is 11.4 Å². The van der Waals surface area contributed by atoms with Crippen LogP contribution in [-0.4, -0.2) is 49.7 Å². The number of aryl methyl sites for hydroxylation is 1. The molecule has 0 bridgehead atoms. The molecule has 3 rings (SSSR count). The van der Waals surface area contributed by atoms with Crippen molar-refractivity contribution < 1.29 is 14.7 Å². The Morgan fingerprint density at radius 3 is 2.87 bits per heavy atom. The highest BCUT2D eigenvalue weighted by atomic mass is 32.1. The second kappa shape index (κ2) is 5.77. The minimum atomic E-state index is -0.879. The third-order valence-corrected chi connectivity index (χ3v) is 5.07. The molecular weight excluding hydrogens is 316 g/mol. The van der Waals surface area contributed by atoms with Crippen molar-refractivity contribution in [1.29, 1.82) is 0 Å². The molecule has 0 saturated carbocycles. The normalized spacial score (nSPS) is 21.4. The van der Waals surface area contributed by atoms with Gasteiger partial charge in [-0.25, -0.2) is 4.98 Å². The summed E-state index contributed by atoms with van der Waals surface area (Å²) in [7, 11) is 1.82. The second-order valence-corrected chi connectivity index (χ2v) is 6.99. The van der Waals surface area contributed by atoms with Gasteiger partial charge >= 0.3 is 5.97 Å². The monoisotopic (exact) mass is 334 g/mol. The Morgan fingerprint density at radius 2 is 2.22 bits per heavy atom. The number of piperidine rings is 1. The van der Waals surface area contributed by atoms with E-state index in [4.69, 9.17) is 0 Å². The molecular formula is C15H18N4O3S. The number of aliphatic carboxylic acids is 1. The second-order valence-electron chi connectivity index (χ2n) is 6.14. The minimum Gasteiger partial charge on any atom is -0.481 e. The van der Waals surface area contributed by atoms with E-state index in [9.17, 15) is 14.7 Å². The molecule has 1 N–H and O–H groups in total. The first-order valence-electron chi connectivity index (χ1n) is 7.36. The molecule has 1 amide bonds. The maximum Gasteiger partial charge on any atom is 0.311 e. The van der Waals surface area contributed by atoms with Crippen LogP contribution in [0.1, 0.15) is 30.3 Å². The van der Waals surface area contributed by atoms with E-state index in [1.807, 2.05) is 13.2 Å². The number of carbonyl (C=O) groups is 2. The summed E-state index contributed by atoms with van der Waals surface area (Å²) in [5.74, 6) is -1.06. The Morgan fingerprint density at radius 1 is 1.43 bits per heavy atom. The van der Waals surface area contributed by atoms with Gasteiger partial charge in [-0.3, -0.25) is 14.3 Å². The van der Waals surface area contributed by atoms with Crippen molar-refractivity contribution >= 4 is 23.2 Å². The first-order chi connectivity index (χ1) is 10.9. The largest absolute Gasteiger partial charge is 0.481 e. The summed E-state index contributed by atoms with van der Waals surface area (Å²) in [4.78, 5) is 30.0. The summed E-state index contributed by atoms with van der Waals surface area (Å²) in [5, 5.41) is 15.9. The first-order valence-corrected chi connectivity index (χ1v) is 8.24. The lowest BCUT2D eigenvalue weighted by Gasteiger charge is -2.37. The zero-order valence-corrected chi connectivity index (χ0v) is 13.8. The molecule has 8 heteroatoms. The first kappa shape index (κ1) is 15.7. The highest BCUT2D eigenvalue weighted by Gasteiger charge is 2.39. The standard InChI is InChI=1S/C15H18N4O3S/c1-15(14(21)22)4-3-5-19(9-15)13(20)11-8-23-12(17-11)10-6-16-18(2)7-10/h6-8H,3-5,9H2,1-2H3,(H,21,22). The average Bonchev–Trinajstić information content (AvgIpc) is 3.15. The topological polar surface area (TPSA) is 88.3 Å². The van der Waals surface area contributed by atoms with Crippen molar-refractivity contribution in [2.45, 2.75) is 19.8 Å². The van der Waals surface area contributed by atoms with Crippen LogP contribution < -0.4 is 0 Å². The van der Waals surface area contributed by atoms with Crippen LogP contribution in [0.4, 0.5) is 0 Å². The Balaban J connectivity index is 1.78. The molecule has 1 aliphatic rings. The molecule has 2 aromatic heterocycles. The maximum absolute atomic E-state index is 12.6. The highest BCUT2D eigenvalue weighted by molar-refractivity contribution is 7.13. The van der Waals surface area contributed by atoms with Crippen LogP contribution in [0.5, 0.6) is 0 Å². The van der Waals surface area contributed by atoms with Gasteiger partial charge in [-0.05, 0) is 19.8 Å². The zero-order chi connectivity index (χ0) is 16.6. The van der Waals surface area contributed by atoms with Gasteiger partial charge < -0.3 is 10.0 Å². The molecule has 1 fully saturated rings. The molecule has 2 aromatic rings. The number of nitrogens with zero attached hydrogens (tertiary/aromatic N) is 4. The molecule has 0 spiro atoms. The van der Waals surface area contributed by atoms with Gasteiger partial charge in [0.25, 0.3) is 5.91 Å². The van der Waals surface area contributed by atoms with Gasteiger partial charge in [0.2, 0.25) is 0 Å². The summed E-state index contributed by atoms with van der Waals surface area (Å²) >= 11 is 1.39. The smallest absolute Gasteiger partial charge is 0.311 e. The SMILES string of the molecule is Cn1cc(-c2nc(C(=O)N3CCCC(C)(C(=O)O)C3)cs2)cn1. The molecule has 7 nitrogen and oxygen atoms in total. The summed E-state index contributed by atoms with van der Waals surface area (Å²) < 4.78 is 1.68. The Bertz CT molecular complexity index is 753. The maximum atomic E-state index is 12.6. The summed E-state index contributed by atoms with van der Waals surface area (Å²) in [5.41, 5.74) is 0.352. The van der Waals surface area contributed by atoms with E-state index in [0.29, 0.717) is 25.1 Å². The Kier molecular flexibility index (Phi) is 3.93. The van der Waals surface area contributed by atoms with Crippen molar-refractivity contribution in [3.63, 3.8) is 0 Å². The van der Waals surface area contributed by atoms with Gasteiger partial charge in [0.1, 0.15) is 10.7 Å². The van der Waals surface area contributed by atoms with E-state index in [-0.39, 0.29) is 12.5 Å². The van der Waals surface area contributed by atoms with E-state index in [0.717, 1.165) is 10.6 Å². The number of hydrogen-bond donors (Lipinski definition) is 1. The number of carboxylic acid groups (broad SMARTS) is 1. The van der Waals surface area contributed by atoms with Crippen LogP contribution in [0.2, 0.25) is 0 Å². The molecule has 122 valence electrons. The van der Waals surface area contributed by atoms with E-state index >= 15 is 0 Å². The minimum absolute atomic E-state index is 0.205. The summed E-state index contributed by atoms with van der Waals surface area (Å²) in [6.45, 7) is 2.49. The van der Waals surface area contributed by atoms with E-state index in [2.05, 4.69) is 10.1 Å². The molecule has 0 radical (unpaired) electrons. The molecule has 0 aromatic carbocycles. The van der Waals surface area contributed by atoms with Gasteiger partial charge in [0.15, 0.2) is 0 Å². The fourth-order valence-electron chi connectivity index (χ4n) is 2.79. The van der Waals surface area contributed by atoms with Crippen LogP contribution in [0.25, 0.3) is 10.6 Å². The molecule has 1 aliphatic heterocycles. The predicted octanol–water partition coefficient (Wildman–Crippen LogP) is 1.87. The van der Waals surface area contributed by atoms with Crippen molar-refractivity contribution in [2.75, 3.05) is 13.1 Å². The molecule has 1 atom stereocenters. The van der Waals surface area contributed by atoms with Gasteiger partial charge in [0, 0.05) is 37.3 Å². The summed E-state index contributed by atoms with van der Waals surface area (Å²) in [6.07, 6.45) is 4.82. The van der Waals surface area contributed by atoms with Crippen molar-refractivity contribution in [3.05, 3.63) is 23.5 Å². The third-order valence-electron chi connectivity index (χ3n) is 4.18. The molecule has 0 aliphatic carbocycles. The van der Waals surface area contributed by atoms with Crippen LogP contribution in [0.15, 0.2) is 17.8 Å². The quantitative estimate of drug-likeness (QED) is 0.926. The van der Waals surface area contributed by atoms with E-state index in [1.54, 1.807) is 28.1 Å². The third kappa shape index (κ3) is 2.98. The van der Waals surface area contributed by atoms with Gasteiger partial charge in [-0.1, -0.05) is 0 Å². The highest BCUT2D eigenvalue weighted by Crippen LogP contribution is 2.31. The number of rotatable bonds is 3. The molecule has 1 unspecified atom stereocenters. The predicted molar refractivity (Wildman–Crippen MR) is 85.2 cm³/mol. The van der Waals surface area contributed by atoms with Gasteiger partial charge in [-0.15, -0.1) is 11.3 Å². The molecule has 1 saturated heterocycles. The number of carboxylic acids is 1. The number of carbonyl (C=O) groups excluding carboxylic acids is 1. The average molecular weight is 334 g/mol. The van der Waals surface area contributed by atoms with Gasteiger partial charge in [0.05, 0.1) is 11.6 Å². The molecule has 3 heterocycles. The van der Waals surface area contributed by atoms with Crippen molar-refractivity contribution in [1.82, 2.24) is 19.7 Å². The number of hydrogen-bond acceptors (Lipinski definition) is 5. The number of amides is 1. The fraction of sp³-hybridized carbons (Fsp3) is 0.467. The van der Waals surface area contributed by atoms with Crippen LogP contribution in [0.3, 0.4) is 0 Å². The molecule has 23 heavy (non-hydrogen) atoms. The van der Waals surface area contributed by atoms with Crippen molar-refractivity contribution in [3.8, 4) is 10.6 Å². The number of aromatic nitrogens is 3. The van der Waals surface area contributed by atoms with Crippen LogP contribution in [0, 0.1) is 5.41 Å². The zero-order valence-electron chi connectivity index (χ0n) is 13.0. The van der Waals surface area contributed by atoms with Gasteiger partial charge in [-0.2, -0.15) is 5.10 Å². The lowest BCUT2D eigenvalue weighted by atomic mass is 9.82. The van der Waals surface area contributed by atoms with E-state index in [1.165, 1.54) is 11.3 Å². The summed E-state index contributed by atoms with van der Waals surface area (Å²) in [6, 6.07) is 0. The fourth-order valence-corrected chi connectivity index (χ4v) is 3.55. The van der Waals surface area contributed by atoms with Crippen LogP contribution in [-0.2, 0) is 11.8 Å². The lowest BCUT2D eigenvalue weighted by molar-refractivity contribution is -0.150. The Labute approximate surface area is 137 Å². The Hall–Kier alpha value is -2.22. The lowest BCUT2D eigenvalue weighted by Crippen LogP contribution is -2.48.